The van der Waals surface area contributed by atoms with E-state index in [1.54, 1.807) is 31.4 Å². The topological polar surface area (TPSA) is 29.5 Å². The summed E-state index contributed by atoms with van der Waals surface area (Å²) in [6.07, 6.45) is 1.39. The van der Waals surface area contributed by atoms with Crippen LogP contribution >= 0.6 is 11.6 Å². The molecule has 1 aliphatic rings. The zero-order valence-corrected chi connectivity index (χ0v) is 16.5. The molecule has 0 aromatic heterocycles. The Morgan fingerprint density at radius 3 is 2.46 bits per heavy atom. The van der Waals surface area contributed by atoms with Gasteiger partial charge in [0.05, 0.1) is 13.2 Å². The molecular weight excluding hydrogens is 370 g/mol. The molecule has 1 heterocycles. The molecular formula is C24H22ClNO2. The lowest BCUT2D eigenvalue weighted by molar-refractivity contribution is 0.0972. The first-order valence-corrected chi connectivity index (χ1v) is 9.81. The third-order valence-corrected chi connectivity index (χ3v) is 5.61. The zero-order chi connectivity index (χ0) is 19.5. The fraction of sp³-hybridized carbons (Fsp3) is 0.208. The second-order valence-corrected chi connectivity index (χ2v) is 7.43. The van der Waals surface area contributed by atoms with E-state index in [1.165, 1.54) is 11.1 Å². The van der Waals surface area contributed by atoms with E-state index in [0.717, 1.165) is 24.4 Å². The molecule has 1 aliphatic heterocycles. The van der Waals surface area contributed by atoms with Crippen molar-refractivity contribution >= 4 is 23.1 Å². The standard InChI is InChI=1S/C24H22ClNO2/c1-28-21-12-10-20(11-13-21)26-15-14-17-4-2-3-5-22(17)23(26)16-24(27)18-6-8-19(25)9-7-18/h2-13,23H,14-16H2,1H3. The Kier molecular flexibility index (Phi) is 5.36. The van der Waals surface area contributed by atoms with E-state index < -0.39 is 0 Å². The van der Waals surface area contributed by atoms with Gasteiger partial charge in [0.2, 0.25) is 0 Å². The smallest absolute Gasteiger partial charge is 0.165 e. The number of carbonyl (C=O) groups is 1. The van der Waals surface area contributed by atoms with Gasteiger partial charge in [0.25, 0.3) is 0 Å². The first kappa shape index (κ1) is 18.6. The Hall–Kier alpha value is -2.78. The summed E-state index contributed by atoms with van der Waals surface area (Å²) in [4.78, 5) is 15.4. The van der Waals surface area contributed by atoms with Crippen LogP contribution in [0.1, 0.15) is 33.9 Å². The highest BCUT2D eigenvalue weighted by Gasteiger charge is 2.29. The molecule has 3 aromatic carbocycles. The van der Waals surface area contributed by atoms with Crippen molar-refractivity contribution in [3.63, 3.8) is 0 Å². The van der Waals surface area contributed by atoms with E-state index in [1.807, 2.05) is 12.1 Å². The van der Waals surface area contributed by atoms with Crippen LogP contribution in [0, 0.1) is 0 Å². The fourth-order valence-corrected chi connectivity index (χ4v) is 4.01. The van der Waals surface area contributed by atoms with Crippen LogP contribution in [0.15, 0.2) is 72.8 Å². The maximum absolute atomic E-state index is 13.0. The van der Waals surface area contributed by atoms with Crippen LogP contribution < -0.4 is 9.64 Å². The average molecular weight is 392 g/mol. The van der Waals surface area contributed by atoms with Crippen LogP contribution in [0.2, 0.25) is 5.02 Å². The number of hydrogen-bond acceptors (Lipinski definition) is 3. The minimum absolute atomic E-state index is 0.00141. The van der Waals surface area contributed by atoms with Crippen molar-refractivity contribution < 1.29 is 9.53 Å². The number of hydrogen-bond donors (Lipinski definition) is 0. The predicted molar refractivity (Wildman–Crippen MR) is 114 cm³/mol. The number of anilines is 1. The number of fused-ring (bicyclic) bond motifs is 1. The molecule has 1 atom stereocenters. The van der Waals surface area contributed by atoms with E-state index in [-0.39, 0.29) is 11.8 Å². The number of ketones is 1. The van der Waals surface area contributed by atoms with E-state index in [2.05, 4.69) is 41.3 Å². The minimum atomic E-state index is 0.00141. The molecule has 0 N–H and O–H groups in total. The van der Waals surface area contributed by atoms with Gasteiger partial charge in [-0.25, -0.2) is 0 Å². The number of Topliss-reactive ketones (excluding diaryl/α,β-unsaturated/α-hetero) is 1. The van der Waals surface area contributed by atoms with Gasteiger partial charge in [-0.2, -0.15) is 0 Å². The number of methoxy groups -OCH3 is 1. The van der Waals surface area contributed by atoms with Crippen molar-refractivity contribution in [2.24, 2.45) is 0 Å². The molecule has 0 amide bonds. The molecule has 3 nitrogen and oxygen atoms in total. The van der Waals surface area contributed by atoms with Gasteiger partial charge in [0, 0.05) is 29.2 Å². The Labute approximate surface area is 170 Å². The number of nitrogens with zero attached hydrogens (tertiary/aromatic N) is 1. The summed E-state index contributed by atoms with van der Waals surface area (Å²) in [6, 6.07) is 23.6. The lowest BCUT2D eigenvalue weighted by Gasteiger charge is -2.39. The van der Waals surface area contributed by atoms with Crippen LogP contribution in [0.4, 0.5) is 5.69 Å². The van der Waals surface area contributed by atoms with Crippen LogP contribution in [0.3, 0.4) is 0 Å². The molecule has 0 bridgehead atoms. The van der Waals surface area contributed by atoms with Gasteiger partial charge in [-0.1, -0.05) is 35.9 Å². The quantitative estimate of drug-likeness (QED) is 0.520. The van der Waals surface area contributed by atoms with E-state index in [0.29, 0.717) is 17.0 Å². The highest BCUT2D eigenvalue weighted by Crippen LogP contribution is 2.37. The van der Waals surface area contributed by atoms with Crippen molar-refractivity contribution in [1.29, 1.82) is 0 Å². The van der Waals surface area contributed by atoms with Gasteiger partial charge in [-0.05, 0) is 66.1 Å². The summed E-state index contributed by atoms with van der Waals surface area (Å²) in [6.45, 7) is 0.877. The zero-order valence-electron chi connectivity index (χ0n) is 15.8. The Morgan fingerprint density at radius 2 is 1.75 bits per heavy atom. The maximum Gasteiger partial charge on any atom is 0.165 e. The summed E-state index contributed by atoms with van der Waals surface area (Å²) >= 11 is 5.97. The summed E-state index contributed by atoms with van der Waals surface area (Å²) in [5, 5.41) is 0.638. The van der Waals surface area contributed by atoms with E-state index >= 15 is 0 Å². The van der Waals surface area contributed by atoms with Gasteiger partial charge in [-0.3, -0.25) is 4.79 Å². The molecule has 4 rings (SSSR count). The van der Waals surface area contributed by atoms with Gasteiger partial charge < -0.3 is 9.64 Å². The first-order valence-electron chi connectivity index (χ1n) is 9.43. The van der Waals surface area contributed by atoms with Crippen molar-refractivity contribution in [3.8, 4) is 5.75 Å². The molecule has 0 saturated carbocycles. The third kappa shape index (κ3) is 3.76. The third-order valence-electron chi connectivity index (χ3n) is 5.36. The normalized spacial score (nSPS) is 15.8. The fourth-order valence-electron chi connectivity index (χ4n) is 3.88. The lowest BCUT2D eigenvalue weighted by Crippen LogP contribution is -2.36. The molecule has 1 unspecified atom stereocenters. The second kappa shape index (κ2) is 8.07. The number of halogens is 1. The Bertz CT molecular complexity index is 967. The number of rotatable bonds is 5. The van der Waals surface area contributed by atoms with Crippen LogP contribution in [-0.2, 0) is 6.42 Å². The van der Waals surface area contributed by atoms with Gasteiger partial charge >= 0.3 is 0 Å². The largest absolute Gasteiger partial charge is 0.497 e. The molecule has 28 heavy (non-hydrogen) atoms. The molecule has 142 valence electrons. The molecule has 0 saturated heterocycles. The van der Waals surface area contributed by atoms with Gasteiger partial charge in [0.15, 0.2) is 5.78 Å². The molecule has 3 aromatic rings. The number of ether oxygens (including phenoxy) is 1. The minimum Gasteiger partial charge on any atom is -0.497 e. The maximum atomic E-state index is 13.0. The van der Waals surface area contributed by atoms with E-state index in [4.69, 9.17) is 16.3 Å². The van der Waals surface area contributed by atoms with Crippen molar-refractivity contribution in [2.75, 3.05) is 18.6 Å². The van der Waals surface area contributed by atoms with Crippen molar-refractivity contribution in [1.82, 2.24) is 0 Å². The van der Waals surface area contributed by atoms with Crippen LogP contribution in [0.5, 0.6) is 5.75 Å². The molecule has 4 heteroatoms. The molecule has 0 radical (unpaired) electrons. The van der Waals surface area contributed by atoms with Crippen LogP contribution in [0.25, 0.3) is 0 Å². The highest BCUT2D eigenvalue weighted by atomic mass is 35.5. The second-order valence-electron chi connectivity index (χ2n) is 6.99. The van der Waals surface area contributed by atoms with Gasteiger partial charge in [-0.15, -0.1) is 0 Å². The summed E-state index contributed by atoms with van der Waals surface area (Å²) in [5.74, 6) is 0.951. The first-order chi connectivity index (χ1) is 13.7. The van der Waals surface area contributed by atoms with Crippen molar-refractivity contribution in [2.45, 2.75) is 18.9 Å². The summed E-state index contributed by atoms with van der Waals surface area (Å²) in [7, 11) is 1.67. The average Bonchev–Trinajstić information content (AvgIpc) is 2.74. The molecule has 0 spiro atoms. The summed E-state index contributed by atoms with van der Waals surface area (Å²) < 4.78 is 5.29. The monoisotopic (exact) mass is 391 g/mol. The highest BCUT2D eigenvalue weighted by molar-refractivity contribution is 6.30. The summed E-state index contributed by atoms with van der Waals surface area (Å²) in [5.41, 5.74) is 4.35. The molecule has 0 aliphatic carbocycles. The van der Waals surface area contributed by atoms with E-state index in [9.17, 15) is 4.79 Å². The van der Waals surface area contributed by atoms with Crippen molar-refractivity contribution in [3.05, 3.63) is 94.5 Å². The van der Waals surface area contributed by atoms with Crippen LogP contribution in [-0.4, -0.2) is 19.4 Å². The SMILES string of the molecule is COc1ccc(N2CCc3ccccc3C2CC(=O)c2ccc(Cl)cc2)cc1. The Morgan fingerprint density at radius 1 is 1.04 bits per heavy atom. The number of benzene rings is 3. The lowest BCUT2D eigenvalue weighted by atomic mass is 9.88. The number of carbonyl (C=O) groups excluding carboxylic acids is 1. The predicted octanol–water partition coefficient (Wildman–Crippen LogP) is 5.73. The molecule has 0 fully saturated rings. The Balaban J connectivity index is 1.67. The van der Waals surface area contributed by atoms with Gasteiger partial charge in [0.1, 0.15) is 5.75 Å².